The van der Waals surface area contributed by atoms with Gasteiger partial charge in [-0.1, -0.05) is 37.6 Å². The molecule has 2 N–H and O–H groups in total. The second kappa shape index (κ2) is 10.3. The lowest BCUT2D eigenvalue weighted by Gasteiger charge is -2.26. The molecule has 7 heteroatoms. The summed E-state index contributed by atoms with van der Waals surface area (Å²) >= 11 is 6.10. The van der Waals surface area contributed by atoms with E-state index in [4.69, 9.17) is 11.6 Å². The van der Waals surface area contributed by atoms with E-state index in [2.05, 4.69) is 47.6 Å². The van der Waals surface area contributed by atoms with Gasteiger partial charge in [-0.2, -0.15) is 5.10 Å². The number of rotatable bonds is 6. The summed E-state index contributed by atoms with van der Waals surface area (Å²) in [6, 6.07) is 8.06. The molecule has 0 aliphatic heterocycles. The Morgan fingerprint density at radius 3 is 2.52 bits per heavy atom. The van der Waals surface area contributed by atoms with Gasteiger partial charge in [-0.05, 0) is 43.4 Å². The van der Waals surface area contributed by atoms with Crippen LogP contribution in [0.4, 0.5) is 0 Å². The zero-order chi connectivity index (χ0) is 19.3. The highest BCUT2D eigenvalue weighted by atomic mass is 127. The number of benzene rings is 1. The van der Waals surface area contributed by atoms with Gasteiger partial charge in [0.05, 0.1) is 5.69 Å². The highest BCUT2D eigenvalue weighted by Crippen LogP contribution is 2.22. The third kappa shape index (κ3) is 6.99. The summed E-state index contributed by atoms with van der Waals surface area (Å²) in [6.07, 6.45) is 0.943. The van der Waals surface area contributed by atoms with E-state index in [1.54, 1.807) is 7.05 Å². The molecule has 0 amide bonds. The van der Waals surface area contributed by atoms with E-state index in [1.807, 2.05) is 36.9 Å². The minimum absolute atomic E-state index is 0. The van der Waals surface area contributed by atoms with Gasteiger partial charge < -0.3 is 10.6 Å². The van der Waals surface area contributed by atoms with E-state index in [9.17, 15) is 0 Å². The second-order valence-electron chi connectivity index (χ2n) is 7.52. The van der Waals surface area contributed by atoms with Crippen LogP contribution >= 0.6 is 35.6 Å². The van der Waals surface area contributed by atoms with Crippen molar-refractivity contribution >= 4 is 41.5 Å². The summed E-state index contributed by atoms with van der Waals surface area (Å²) in [6.45, 7) is 10.1. The maximum absolute atomic E-state index is 6.10. The Morgan fingerprint density at radius 1 is 1.26 bits per heavy atom. The molecule has 1 aromatic carbocycles. The Kier molecular flexibility index (Phi) is 9.08. The van der Waals surface area contributed by atoms with Crippen molar-refractivity contribution in [2.45, 2.75) is 40.7 Å². The standard InChI is InChI=1S/C20H30ClN5.HI/c1-14-18(15(2)26(6)25-14)12-23-19(22-5)24-13-20(3,4)11-16-8-7-9-17(21)10-16;/h7-10H,11-13H2,1-6H3,(H2,22,23,24);1H. The van der Waals surface area contributed by atoms with Crippen molar-refractivity contribution in [3.8, 4) is 0 Å². The summed E-state index contributed by atoms with van der Waals surface area (Å²) in [7, 11) is 3.76. The summed E-state index contributed by atoms with van der Waals surface area (Å²) in [5.41, 5.74) is 4.76. The van der Waals surface area contributed by atoms with Crippen LogP contribution in [-0.2, 0) is 20.0 Å². The van der Waals surface area contributed by atoms with Gasteiger partial charge in [-0.3, -0.25) is 9.67 Å². The number of aryl methyl sites for hydroxylation is 2. The molecular weight excluding hydrogens is 473 g/mol. The molecule has 0 fully saturated rings. The monoisotopic (exact) mass is 503 g/mol. The highest BCUT2D eigenvalue weighted by Gasteiger charge is 2.19. The molecular formula is C20H31ClIN5. The highest BCUT2D eigenvalue weighted by molar-refractivity contribution is 14.0. The van der Waals surface area contributed by atoms with Crippen LogP contribution in [0.3, 0.4) is 0 Å². The van der Waals surface area contributed by atoms with E-state index in [0.717, 1.165) is 29.6 Å². The van der Waals surface area contributed by atoms with Gasteiger partial charge in [0.1, 0.15) is 0 Å². The maximum atomic E-state index is 6.10. The molecule has 0 unspecified atom stereocenters. The van der Waals surface area contributed by atoms with E-state index in [0.29, 0.717) is 6.54 Å². The van der Waals surface area contributed by atoms with Crippen LogP contribution in [0.5, 0.6) is 0 Å². The normalized spacial score (nSPS) is 11.9. The molecule has 2 rings (SSSR count). The fraction of sp³-hybridized carbons (Fsp3) is 0.500. The quantitative estimate of drug-likeness (QED) is 0.352. The maximum Gasteiger partial charge on any atom is 0.191 e. The van der Waals surface area contributed by atoms with Crippen LogP contribution in [0.1, 0.15) is 36.4 Å². The van der Waals surface area contributed by atoms with Crippen LogP contribution in [0, 0.1) is 19.3 Å². The first kappa shape index (κ1) is 23.8. The van der Waals surface area contributed by atoms with Crippen molar-refractivity contribution in [1.82, 2.24) is 20.4 Å². The minimum Gasteiger partial charge on any atom is -0.356 e. The predicted molar refractivity (Wildman–Crippen MR) is 125 cm³/mol. The fourth-order valence-electron chi connectivity index (χ4n) is 3.05. The average molecular weight is 504 g/mol. The fourth-order valence-corrected chi connectivity index (χ4v) is 3.26. The first-order valence-electron chi connectivity index (χ1n) is 8.90. The lowest BCUT2D eigenvalue weighted by molar-refractivity contribution is 0.359. The van der Waals surface area contributed by atoms with Crippen molar-refractivity contribution in [3.63, 3.8) is 0 Å². The van der Waals surface area contributed by atoms with E-state index >= 15 is 0 Å². The van der Waals surface area contributed by atoms with Crippen LogP contribution in [0.2, 0.25) is 5.02 Å². The Labute approximate surface area is 185 Å². The van der Waals surface area contributed by atoms with Gasteiger partial charge in [0.15, 0.2) is 5.96 Å². The van der Waals surface area contributed by atoms with Gasteiger partial charge in [-0.15, -0.1) is 24.0 Å². The molecule has 0 aliphatic carbocycles. The Balaban J connectivity index is 0.00000364. The molecule has 0 saturated carbocycles. The van der Waals surface area contributed by atoms with Crippen molar-refractivity contribution in [2.24, 2.45) is 17.5 Å². The summed E-state index contributed by atoms with van der Waals surface area (Å²) in [4.78, 5) is 4.34. The first-order chi connectivity index (χ1) is 12.2. The van der Waals surface area contributed by atoms with E-state index in [-0.39, 0.29) is 29.4 Å². The number of halogens is 2. The number of nitrogens with zero attached hydrogens (tertiary/aromatic N) is 3. The van der Waals surface area contributed by atoms with Gasteiger partial charge in [0, 0.05) is 43.5 Å². The summed E-state index contributed by atoms with van der Waals surface area (Å²) < 4.78 is 1.91. The number of nitrogens with one attached hydrogen (secondary N) is 2. The zero-order valence-corrected chi connectivity index (χ0v) is 20.1. The van der Waals surface area contributed by atoms with Crippen LogP contribution < -0.4 is 10.6 Å². The minimum atomic E-state index is 0. The molecule has 0 saturated heterocycles. The smallest absolute Gasteiger partial charge is 0.191 e. The average Bonchev–Trinajstić information content (AvgIpc) is 2.80. The molecule has 0 radical (unpaired) electrons. The molecule has 2 aromatic rings. The lowest BCUT2D eigenvalue weighted by Crippen LogP contribution is -2.42. The van der Waals surface area contributed by atoms with Gasteiger partial charge in [-0.25, -0.2) is 0 Å². The number of guanidine groups is 1. The summed E-state index contributed by atoms with van der Waals surface area (Å²) in [5.74, 6) is 0.798. The number of hydrogen-bond acceptors (Lipinski definition) is 2. The molecule has 27 heavy (non-hydrogen) atoms. The molecule has 150 valence electrons. The lowest BCUT2D eigenvalue weighted by atomic mass is 9.86. The number of hydrogen-bond donors (Lipinski definition) is 2. The van der Waals surface area contributed by atoms with E-state index < -0.39 is 0 Å². The third-order valence-electron chi connectivity index (χ3n) is 4.62. The zero-order valence-electron chi connectivity index (χ0n) is 17.1. The van der Waals surface area contributed by atoms with E-state index in [1.165, 1.54) is 16.8 Å². The number of aromatic nitrogens is 2. The van der Waals surface area contributed by atoms with Crippen molar-refractivity contribution in [1.29, 1.82) is 0 Å². The van der Waals surface area contributed by atoms with Gasteiger partial charge in [0.2, 0.25) is 0 Å². The van der Waals surface area contributed by atoms with Crippen molar-refractivity contribution in [2.75, 3.05) is 13.6 Å². The molecule has 0 atom stereocenters. The molecule has 0 aliphatic rings. The van der Waals surface area contributed by atoms with Crippen LogP contribution in [-0.4, -0.2) is 29.3 Å². The topological polar surface area (TPSA) is 54.2 Å². The van der Waals surface area contributed by atoms with Gasteiger partial charge >= 0.3 is 0 Å². The van der Waals surface area contributed by atoms with Crippen molar-refractivity contribution < 1.29 is 0 Å². The molecule has 0 spiro atoms. The molecule has 1 heterocycles. The second-order valence-corrected chi connectivity index (χ2v) is 7.96. The van der Waals surface area contributed by atoms with Crippen molar-refractivity contribution in [3.05, 3.63) is 51.8 Å². The predicted octanol–water partition coefficient (Wildman–Crippen LogP) is 4.24. The molecule has 0 bridgehead atoms. The third-order valence-corrected chi connectivity index (χ3v) is 4.86. The van der Waals surface area contributed by atoms with Crippen LogP contribution in [0.15, 0.2) is 29.3 Å². The molecule has 5 nitrogen and oxygen atoms in total. The molecule has 1 aromatic heterocycles. The van der Waals surface area contributed by atoms with Gasteiger partial charge in [0.25, 0.3) is 0 Å². The SMILES string of the molecule is CN=C(NCc1c(C)nn(C)c1C)NCC(C)(C)Cc1cccc(Cl)c1.I. The Bertz CT molecular complexity index is 783. The Hall–Kier alpha value is -1.28. The first-order valence-corrected chi connectivity index (χ1v) is 9.27. The van der Waals surface area contributed by atoms with Crippen LogP contribution in [0.25, 0.3) is 0 Å². The Morgan fingerprint density at radius 2 is 1.96 bits per heavy atom. The summed E-state index contributed by atoms with van der Waals surface area (Å²) in [5, 5.41) is 12.1. The number of aliphatic imine (C=N–C) groups is 1. The largest absolute Gasteiger partial charge is 0.356 e.